The van der Waals surface area contributed by atoms with Crippen molar-refractivity contribution < 1.29 is 9.18 Å². The van der Waals surface area contributed by atoms with Gasteiger partial charge in [0.1, 0.15) is 5.82 Å². The molecule has 0 atom stereocenters. The number of amides is 1. The van der Waals surface area contributed by atoms with E-state index in [0.717, 1.165) is 17.5 Å². The highest BCUT2D eigenvalue weighted by atomic mass is 19.1. The SMILES string of the molecule is CCCNC(=O)c1cccc(CNC(=NC)NCc2ccc(C)c(F)c2)c1. The molecule has 27 heavy (non-hydrogen) atoms. The molecule has 1 amide bonds. The number of nitrogens with zero attached hydrogens (tertiary/aromatic N) is 1. The average molecular weight is 370 g/mol. The molecule has 0 heterocycles. The number of aryl methyl sites for hydroxylation is 1. The molecule has 5 nitrogen and oxygen atoms in total. The van der Waals surface area contributed by atoms with Crippen LogP contribution < -0.4 is 16.0 Å². The van der Waals surface area contributed by atoms with Crippen molar-refractivity contribution in [3.63, 3.8) is 0 Å². The van der Waals surface area contributed by atoms with Gasteiger partial charge < -0.3 is 16.0 Å². The number of carbonyl (C=O) groups is 1. The van der Waals surface area contributed by atoms with Crippen LogP contribution in [-0.2, 0) is 13.1 Å². The minimum absolute atomic E-state index is 0.0670. The van der Waals surface area contributed by atoms with Gasteiger partial charge in [-0.2, -0.15) is 0 Å². The molecule has 0 aromatic heterocycles. The van der Waals surface area contributed by atoms with Crippen LogP contribution >= 0.6 is 0 Å². The molecule has 2 rings (SSSR count). The number of guanidine groups is 1. The number of carbonyl (C=O) groups excluding carboxylic acids is 1. The van der Waals surface area contributed by atoms with Crippen LogP contribution in [0.3, 0.4) is 0 Å². The maximum Gasteiger partial charge on any atom is 0.251 e. The van der Waals surface area contributed by atoms with Gasteiger partial charge in [0.25, 0.3) is 5.91 Å². The summed E-state index contributed by atoms with van der Waals surface area (Å²) in [6.07, 6.45) is 0.903. The molecule has 144 valence electrons. The van der Waals surface area contributed by atoms with Crippen molar-refractivity contribution >= 4 is 11.9 Å². The van der Waals surface area contributed by atoms with E-state index in [0.29, 0.717) is 36.7 Å². The van der Waals surface area contributed by atoms with E-state index in [1.165, 1.54) is 6.07 Å². The average Bonchev–Trinajstić information content (AvgIpc) is 2.69. The zero-order valence-electron chi connectivity index (χ0n) is 16.1. The summed E-state index contributed by atoms with van der Waals surface area (Å²) in [6, 6.07) is 12.6. The van der Waals surface area contributed by atoms with Crippen LogP contribution in [0.25, 0.3) is 0 Å². The minimum atomic E-state index is -0.213. The summed E-state index contributed by atoms with van der Waals surface area (Å²) < 4.78 is 13.6. The Hall–Kier alpha value is -2.89. The third-order valence-electron chi connectivity index (χ3n) is 4.10. The fourth-order valence-electron chi connectivity index (χ4n) is 2.50. The van der Waals surface area contributed by atoms with Crippen LogP contribution in [0, 0.1) is 12.7 Å². The van der Waals surface area contributed by atoms with Crippen LogP contribution in [-0.4, -0.2) is 25.5 Å². The summed E-state index contributed by atoms with van der Waals surface area (Å²) in [6.45, 7) is 5.42. The quantitative estimate of drug-likeness (QED) is 0.518. The molecule has 2 aromatic rings. The van der Waals surface area contributed by atoms with E-state index < -0.39 is 0 Å². The highest BCUT2D eigenvalue weighted by Gasteiger charge is 2.06. The Morgan fingerprint density at radius 2 is 1.74 bits per heavy atom. The Labute approximate surface area is 160 Å². The number of rotatable bonds is 7. The second-order valence-corrected chi connectivity index (χ2v) is 6.32. The third-order valence-corrected chi connectivity index (χ3v) is 4.10. The molecule has 3 N–H and O–H groups in total. The first-order valence-electron chi connectivity index (χ1n) is 9.10. The van der Waals surface area contributed by atoms with Gasteiger partial charge in [-0.15, -0.1) is 0 Å². The number of nitrogens with one attached hydrogen (secondary N) is 3. The standard InChI is InChI=1S/C21H27FN4O/c1-4-10-24-20(27)18-7-5-6-16(11-18)13-25-21(23-3)26-14-17-9-8-15(2)19(22)12-17/h5-9,11-12H,4,10,13-14H2,1-3H3,(H,24,27)(H2,23,25,26). The summed E-state index contributed by atoms with van der Waals surface area (Å²) in [4.78, 5) is 16.2. The van der Waals surface area contributed by atoms with Gasteiger partial charge in [-0.25, -0.2) is 4.39 Å². The smallest absolute Gasteiger partial charge is 0.251 e. The van der Waals surface area contributed by atoms with Gasteiger partial charge in [0.15, 0.2) is 5.96 Å². The first-order valence-corrected chi connectivity index (χ1v) is 9.10. The number of hydrogen-bond acceptors (Lipinski definition) is 2. The summed E-state index contributed by atoms with van der Waals surface area (Å²) in [5.41, 5.74) is 3.09. The Morgan fingerprint density at radius 3 is 2.37 bits per heavy atom. The summed E-state index contributed by atoms with van der Waals surface area (Å²) >= 11 is 0. The first-order chi connectivity index (χ1) is 13.0. The highest BCUT2D eigenvalue weighted by molar-refractivity contribution is 5.94. The van der Waals surface area contributed by atoms with E-state index in [2.05, 4.69) is 20.9 Å². The number of benzene rings is 2. The van der Waals surface area contributed by atoms with Crippen LogP contribution in [0.5, 0.6) is 0 Å². The summed E-state index contributed by atoms with van der Waals surface area (Å²) in [5.74, 6) is 0.329. The molecule has 6 heteroatoms. The van der Waals surface area contributed by atoms with Gasteiger partial charge in [-0.05, 0) is 48.2 Å². The third kappa shape index (κ3) is 6.40. The maximum absolute atomic E-state index is 13.6. The summed E-state index contributed by atoms with van der Waals surface area (Å²) in [7, 11) is 1.68. The molecule has 0 bridgehead atoms. The van der Waals surface area contributed by atoms with Gasteiger partial charge in [-0.3, -0.25) is 9.79 Å². The lowest BCUT2D eigenvalue weighted by Crippen LogP contribution is -2.36. The van der Waals surface area contributed by atoms with Crippen molar-refractivity contribution in [2.45, 2.75) is 33.4 Å². The maximum atomic E-state index is 13.6. The van der Waals surface area contributed by atoms with Crippen molar-refractivity contribution in [1.29, 1.82) is 0 Å². The van der Waals surface area contributed by atoms with Crippen molar-refractivity contribution in [3.8, 4) is 0 Å². The van der Waals surface area contributed by atoms with E-state index in [9.17, 15) is 9.18 Å². The highest BCUT2D eigenvalue weighted by Crippen LogP contribution is 2.09. The zero-order chi connectivity index (χ0) is 19.6. The zero-order valence-corrected chi connectivity index (χ0v) is 16.1. The largest absolute Gasteiger partial charge is 0.352 e. The Kier molecular flexibility index (Phi) is 7.79. The lowest BCUT2D eigenvalue weighted by Gasteiger charge is -2.13. The van der Waals surface area contributed by atoms with Gasteiger partial charge in [-0.1, -0.05) is 31.2 Å². The minimum Gasteiger partial charge on any atom is -0.352 e. The van der Waals surface area contributed by atoms with Crippen LogP contribution in [0.1, 0.15) is 40.4 Å². The molecular weight excluding hydrogens is 343 g/mol. The molecule has 0 unspecified atom stereocenters. The van der Waals surface area contributed by atoms with Crippen LogP contribution in [0.2, 0.25) is 0 Å². The van der Waals surface area contributed by atoms with E-state index in [-0.39, 0.29) is 11.7 Å². The Bertz CT molecular complexity index is 805. The lowest BCUT2D eigenvalue weighted by atomic mass is 10.1. The lowest BCUT2D eigenvalue weighted by molar-refractivity contribution is 0.0953. The molecule has 0 spiro atoms. The van der Waals surface area contributed by atoms with Crippen LogP contribution in [0.4, 0.5) is 4.39 Å². The van der Waals surface area contributed by atoms with Gasteiger partial charge in [0.05, 0.1) is 0 Å². The molecule has 0 saturated carbocycles. The normalized spacial score (nSPS) is 11.2. The molecule has 0 aliphatic carbocycles. The van der Waals surface area contributed by atoms with Gasteiger partial charge >= 0.3 is 0 Å². The molecule has 0 fully saturated rings. The summed E-state index contributed by atoms with van der Waals surface area (Å²) in [5, 5.41) is 9.24. The predicted molar refractivity (Wildman–Crippen MR) is 107 cm³/mol. The second kappa shape index (κ2) is 10.3. The number of halogens is 1. The van der Waals surface area contributed by atoms with E-state index in [1.807, 2.05) is 31.2 Å². The van der Waals surface area contributed by atoms with Gasteiger partial charge in [0.2, 0.25) is 0 Å². The fourth-order valence-corrected chi connectivity index (χ4v) is 2.50. The van der Waals surface area contributed by atoms with Gasteiger partial charge in [0, 0.05) is 32.2 Å². The molecule has 0 radical (unpaired) electrons. The molecule has 0 aliphatic heterocycles. The van der Waals surface area contributed by atoms with E-state index >= 15 is 0 Å². The first kappa shape index (κ1) is 20.4. The Balaban J connectivity index is 1.90. The predicted octanol–water partition coefficient (Wildman–Crippen LogP) is 3.14. The topological polar surface area (TPSA) is 65.5 Å². The molecular formula is C21H27FN4O. The van der Waals surface area contributed by atoms with E-state index in [4.69, 9.17) is 0 Å². The van der Waals surface area contributed by atoms with E-state index in [1.54, 1.807) is 26.1 Å². The number of hydrogen-bond donors (Lipinski definition) is 3. The number of aliphatic imine (C=N–C) groups is 1. The van der Waals surface area contributed by atoms with Crippen molar-refractivity contribution in [2.75, 3.05) is 13.6 Å². The molecule has 0 aliphatic rings. The molecule has 2 aromatic carbocycles. The van der Waals surface area contributed by atoms with Crippen molar-refractivity contribution in [3.05, 3.63) is 70.5 Å². The molecule has 0 saturated heterocycles. The van der Waals surface area contributed by atoms with Crippen molar-refractivity contribution in [2.24, 2.45) is 4.99 Å². The Morgan fingerprint density at radius 1 is 1.04 bits per heavy atom. The monoisotopic (exact) mass is 370 g/mol. The van der Waals surface area contributed by atoms with Crippen molar-refractivity contribution in [1.82, 2.24) is 16.0 Å². The van der Waals surface area contributed by atoms with Crippen LogP contribution in [0.15, 0.2) is 47.5 Å². The second-order valence-electron chi connectivity index (χ2n) is 6.32. The fraction of sp³-hybridized carbons (Fsp3) is 0.333.